The zero-order valence-corrected chi connectivity index (χ0v) is 11.8. The first-order chi connectivity index (χ1) is 9.49. The summed E-state index contributed by atoms with van der Waals surface area (Å²) < 4.78 is 0. The second-order valence-corrected chi connectivity index (χ2v) is 4.80. The van der Waals surface area contributed by atoms with E-state index in [4.69, 9.17) is 5.73 Å². The van der Waals surface area contributed by atoms with Crippen LogP contribution in [0, 0.1) is 16.0 Å². The van der Waals surface area contributed by atoms with E-state index in [-0.39, 0.29) is 23.6 Å². The monoisotopic (exact) mass is 279 g/mol. The molecule has 0 radical (unpaired) electrons. The second kappa shape index (κ2) is 7.59. The van der Waals surface area contributed by atoms with Crippen molar-refractivity contribution in [1.82, 2.24) is 5.32 Å². The summed E-state index contributed by atoms with van der Waals surface area (Å²) >= 11 is 0. The largest absolute Gasteiger partial charge is 0.349 e. The Balaban J connectivity index is 2.75. The van der Waals surface area contributed by atoms with Gasteiger partial charge in [-0.05, 0) is 18.9 Å². The molecule has 20 heavy (non-hydrogen) atoms. The summed E-state index contributed by atoms with van der Waals surface area (Å²) in [5, 5.41) is 13.6. The zero-order chi connectivity index (χ0) is 15.1. The molecule has 2 unspecified atom stereocenters. The maximum atomic E-state index is 12.0. The van der Waals surface area contributed by atoms with Gasteiger partial charge in [0, 0.05) is 18.7 Å². The third kappa shape index (κ3) is 4.31. The van der Waals surface area contributed by atoms with Gasteiger partial charge in [-0.25, -0.2) is 0 Å². The molecule has 0 spiro atoms. The summed E-state index contributed by atoms with van der Waals surface area (Å²) in [5.41, 5.74) is 6.32. The highest BCUT2D eigenvalue weighted by Crippen LogP contribution is 2.19. The number of hydrogen-bond acceptors (Lipinski definition) is 4. The minimum absolute atomic E-state index is 0.0209. The molecule has 1 amide bonds. The van der Waals surface area contributed by atoms with Gasteiger partial charge >= 0.3 is 0 Å². The predicted octanol–water partition coefficient (Wildman–Crippen LogP) is 2.15. The fourth-order valence-corrected chi connectivity index (χ4v) is 2.03. The van der Waals surface area contributed by atoms with E-state index in [1.165, 1.54) is 12.1 Å². The lowest BCUT2D eigenvalue weighted by atomic mass is 10.0. The van der Waals surface area contributed by atoms with E-state index in [1.807, 2.05) is 6.92 Å². The Morgan fingerprint density at radius 2 is 2.20 bits per heavy atom. The molecule has 0 fully saturated rings. The second-order valence-electron chi connectivity index (χ2n) is 4.80. The molecule has 2 atom stereocenters. The van der Waals surface area contributed by atoms with Crippen molar-refractivity contribution in [2.24, 2.45) is 11.7 Å². The van der Waals surface area contributed by atoms with E-state index >= 15 is 0 Å². The Morgan fingerprint density at radius 1 is 1.50 bits per heavy atom. The molecule has 0 saturated carbocycles. The number of nitro groups is 1. The fraction of sp³-hybridized carbons (Fsp3) is 0.500. The van der Waals surface area contributed by atoms with Gasteiger partial charge in [-0.2, -0.15) is 0 Å². The topological polar surface area (TPSA) is 98.3 Å². The smallest absolute Gasteiger partial charge is 0.269 e. The van der Waals surface area contributed by atoms with Gasteiger partial charge < -0.3 is 11.1 Å². The Bertz CT molecular complexity index is 476. The van der Waals surface area contributed by atoms with Crippen LogP contribution in [0.25, 0.3) is 0 Å². The number of nitrogens with two attached hydrogens (primary N) is 1. The molecule has 0 heterocycles. The van der Waals surface area contributed by atoms with Crippen LogP contribution < -0.4 is 11.1 Å². The van der Waals surface area contributed by atoms with Gasteiger partial charge in [0.25, 0.3) is 5.69 Å². The van der Waals surface area contributed by atoms with E-state index in [0.29, 0.717) is 12.1 Å². The first-order valence-corrected chi connectivity index (χ1v) is 6.74. The summed E-state index contributed by atoms with van der Waals surface area (Å²) in [7, 11) is 0. The molecule has 0 aromatic heterocycles. The number of hydrogen-bond donors (Lipinski definition) is 2. The summed E-state index contributed by atoms with van der Waals surface area (Å²) in [5.74, 6) is -0.311. The molecule has 1 aromatic carbocycles. The van der Waals surface area contributed by atoms with Crippen molar-refractivity contribution in [3.63, 3.8) is 0 Å². The summed E-state index contributed by atoms with van der Waals surface area (Å²) in [6.45, 7) is 4.11. The number of rotatable bonds is 7. The van der Waals surface area contributed by atoms with Gasteiger partial charge in [-0.1, -0.05) is 25.5 Å². The van der Waals surface area contributed by atoms with Crippen LogP contribution in [0.4, 0.5) is 5.69 Å². The molecule has 110 valence electrons. The molecule has 0 aliphatic heterocycles. The lowest BCUT2D eigenvalue weighted by Gasteiger charge is -2.19. The first kappa shape index (κ1) is 16.1. The molecule has 1 rings (SSSR count). The number of nitrogens with zero attached hydrogens (tertiary/aromatic N) is 1. The van der Waals surface area contributed by atoms with Gasteiger partial charge in [0.15, 0.2) is 0 Å². The van der Waals surface area contributed by atoms with Crippen molar-refractivity contribution in [3.05, 3.63) is 39.9 Å². The average molecular weight is 279 g/mol. The Morgan fingerprint density at radius 3 is 2.75 bits per heavy atom. The van der Waals surface area contributed by atoms with E-state index < -0.39 is 4.92 Å². The predicted molar refractivity (Wildman–Crippen MR) is 77.1 cm³/mol. The molecular weight excluding hydrogens is 258 g/mol. The van der Waals surface area contributed by atoms with Crippen LogP contribution in [0.15, 0.2) is 24.3 Å². The third-order valence-electron chi connectivity index (χ3n) is 3.23. The van der Waals surface area contributed by atoms with Crippen LogP contribution in [0.1, 0.15) is 38.3 Å². The molecule has 0 bridgehead atoms. The van der Waals surface area contributed by atoms with Crippen LogP contribution >= 0.6 is 0 Å². The number of non-ortho nitro benzene ring substituents is 1. The number of carbonyl (C=O) groups is 1. The lowest BCUT2D eigenvalue weighted by Crippen LogP contribution is -2.36. The summed E-state index contributed by atoms with van der Waals surface area (Å²) in [4.78, 5) is 22.3. The van der Waals surface area contributed by atoms with E-state index in [1.54, 1.807) is 19.1 Å². The number of nitro benzene ring substituents is 1. The van der Waals surface area contributed by atoms with Crippen molar-refractivity contribution in [1.29, 1.82) is 0 Å². The van der Waals surface area contributed by atoms with E-state index in [2.05, 4.69) is 5.32 Å². The summed E-state index contributed by atoms with van der Waals surface area (Å²) in [6.07, 6.45) is 1.63. The van der Waals surface area contributed by atoms with Crippen molar-refractivity contribution in [2.45, 2.75) is 32.7 Å². The maximum Gasteiger partial charge on any atom is 0.269 e. The maximum absolute atomic E-state index is 12.0. The van der Waals surface area contributed by atoms with Crippen LogP contribution in [0.5, 0.6) is 0 Å². The summed E-state index contributed by atoms with van der Waals surface area (Å²) in [6, 6.07) is 5.99. The van der Waals surface area contributed by atoms with E-state index in [9.17, 15) is 14.9 Å². The van der Waals surface area contributed by atoms with Crippen molar-refractivity contribution >= 4 is 11.6 Å². The highest BCUT2D eigenvalue weighted by molar-refractivity contribution is 5.79. The normalized spacial score (nSPS) is 13.6. The minimum atomic E-state index is -0.447. The van der Waals surface area contributed by atoms with Crippen LogP contribution in [0.3, 0.4) is 0 Å². The lowest BCUT2D eigenvalue weighted by molar-refractivity contribution is -0.384. The number of amides is 1. The molecule has 0 aliphatic rings. The molecular formula is C14H21N3O3. The Kier molecular flexibility index (Phi) is 6.11. The number of nitrogens with one attached hydrogen (secondary N) is 1. The van der Waals surface area contributed by atoms with Gasteiger partial charge in [0.1, 0.15) is 0 Å². The van der Waals surface area contributed by atoms with Gasteiger partial charge in [0.2, 0.25) is 5.91 Å². The Hall–Kier alpha value is -1.95. The molecule has 0 saturated heterocycles. The van der Waals surface area contributed by atoms with Crippen molar-refractivity contribution in [3.8, 4) is 0 Å². The molecule has 3 N–H and O–H groups in total. The number of benzene rings is 1. The minimum Gasteiger partial charge on any atom is -0.349 e. The molecule has 1 aromatic rings. The highest BCUT2D eigenvalue weighted by Gasteiger charge is 2.19. The average Bonchev–Trinajstić information content (AvgIpc) is 2.44. The van der Waals surface area contributed by atoms with Gasteiger partial charge in [-0.15, -0.1) is 0 Å². The zero-order valence-electron chi connectivity index (χ0n) is 11.8. The SMILES string of the molecule is CCCC(CN)C(=O)NC(C)c1cccc([N+](=O)[O-])c1. The van der Waals surface area contributed by atoms with Gasteiger partial charge in [-0.3, -0.25) is 14.9 Å². The molecule has 6 nitrogen and oxygen atoms in total. The highest BCUT2D eigenvalue weighted by atomic mass is 16.6. The van der Waals surface area contributed by atoms with Crippen LogP contribution in [-0.2, 0) is 4.79 Å². The van der Waals surface area contributed by atoms with Crippen molar-refractivity contribution < 1.29 is 9.72 Å². The number of carbonyl (C=O) groups excluding carboxylic acids is 1. The van der Waals surface area contributed by atoms with Crippen LogP contribution in [-0.4, -0.2) is 17.4 Å². The molecule has 6 heteroatoms. The van der Waals surface area contributed by atoms with Gasteiger partial charge in [0.05, 0.1) is 16.9 Å². The standard InChI is InChI=1S/C14H21N3O3/c1-3-5-12(9-15)14(18)16-10(2)11-6-4-7-13(8-11)17(19)20/h4,6-8,10,12H,3,5,9,15H2,1-2H3,(H,16,18). The quantitative estimate of drug-likeness (QED) is 0.590. The van der Waals surface area contributed by atoms with E-state index in [0.717, 1.165) is 12.8 Å². The van der Waals surface area contributed by atoms with Crippen molar-refractivity contribution in [2.75, 3.05) is 6.54 Å². The third-order valence-corrected chi connectivity index (χ3v) is 3.23. The first-order valence-electron chi connectivity index (χ1n) is 6.74. The fourth-order valence-electron chi connectivity index (χ4n) is 2.03. The van der Waals surface area contributed by atoms with Crippen LogP contribution in [0.2, 0.25) is 0 Å². The molecule has 0 aliphatic carbocycles. The Labute approximate surface area is 118 Å².